The van der Waals surface area contributed by atoms with Gasteiger partial charge in [-0.3, -0.25) is 18.7 Å². The lowest BCUT2D eigenvalue weighted by atomic mass is 10.2. The van der Waals surface area contributed by atoms with Crippen LogP contribution in [0.3, 0.4) is 0 Å². The summed E-state index contributed by atoms with van der Waals surface area (Å²) in [7, 11) is 3.10. The topological polar surface area (TPSA) is 136 Å². The first-order chi connectivity index (χ1) is 16.2. The van der Waals surface area contributed by atoms with Crippen molar-refractivity contribution >= 4 is 23.4 Å². The first kappa shape index (κ1) is 23.6. The van der Waals surface area contributed by atoms with Crippen molar-refractivity contribution in [1.29, 1.82) is 0 Å². The third-order valence-corrected chi connectivity index (χ3v) is 6.43. The fourth-order valence-corrected chi connectivity index (χ4v) is 4.46. The molecule has 3 aromatic rings. The zero-order valence-electron chi connectivity index (χ0n) is 19.3. The Morgan fingerprint density at radius 3 is 2.59 bits per heavy atom. The summed E-state index contributed by atoms with van der Waals surface area (Å²) in [5.74, 6) is 1.23. The number of nitrogen functional groups attached to an aromatic ring is 1. The van der Waals surface area contributed by atoms with Crippen molar-refractivity contribution in [3.8, 4) is 11.5 Å². The Balaban J connectivity index is 1.53. The second kappa shape index (κ2) is 9.37. The van der Waals surface area contributed by atoms with Gasteiger partial charge in [-0.2, -0.15) is 0 Å². The number of para-hydroxylation sites is 2. The number of fused-ring (bicyclic) bond motifs is 1. The van der Waals surface area contributed by atoms with Crippen LogP contribution in [0.4, 0.5) is 5.82 Å². The first-order valence-electron chi connectivity index (χ1n) is 10.7. The molecule has 0 aliphatic carbocycles. The predicted octanol–water partition coefficient (Wildman–Crippen LogP) is 1.40. The standard InChI is InChI=1S/C22H26N6O5S/c1-12(2)9-28-18(23)17(20(30)27(4)22(28)31)13(29)11-34-21-25-24-19(26(21)3)16-10-32-14-7-5-6-8-15(14)33-16/h5-8,12,16H,9-11,23H2,1-4H3/t16-/m0/s1. The molecule has 11 nitrogen and oxygen atoms in total. The van der Waals surface area contributed by atoms with Gasteiger partial charge in [-0.15, -0.1) is 10.2 Å². The van der Waals surface area contributed by atoms with Crippen LogP contribution in [0.1, 0.15) is 36.1 Å². The molecule has 0 amide bonds. The molecule has 0 saturated carbocycles. The minimum atomic E-state index is -0.710. The van der Waals surface area contributed by atoms with Crippen LogP contribution >= 0.6 is 11.8 Å². The van der Waals surface area contributed by atoms with E-state index in [2.05, 4.69) is 10.2 Å². The molecular formula is C22H26N6O5S. The van der Waals surface area contributed by atoms with Crippen LogP contribution in [0.25, 0.3) is 0 Å². The average Bonchev–Trinajstić information content (AvgIpc) is 3.19. The van der Waals surface area contributed by atoms with E-state index in [4.69, 9.17) is 15.2 Å². The molecule has 0 fully saturated rings. The quantitative estimate of drug-likeness (QED) is 0.388. The summed E-state index contributed by atoms with van der Waals surface area (Å²) >= 11 is 1.12. The van der Waals surface area contributed by atoms with Gasteiger partial charge in [-0.25, -0.2) is 4.79 Å². The second-order valence-corrected chi connectivity index (χ2v) is 9.33. The van der Waals surface area contributed by atoms with Gasteiger partial charge in [0, 0.05) is 20.6 Å². The second-order valence-electron chi connectivity index (χ2n) is 8.39. The van der Waals surface area contributed by atoms with Gasteiger partial charge in [0.2, 0.25) is 0 Å². The summed E-state index contributed by atoms with van der Waals surface area (Å²) in [6.07, 6.45) is -0.458. The molecule has 1 atom stereocenters. The number of thioether (sulfide) groups is 1. The van der Waals surface area contributed by atoms with E-state index in [1.807, 2.05) is 38.1 Å². The molecule has 1 aromatic carbocycles. The van der Waals surface area contributed by atoms with Gasteiger partial charge in [0.25, 0.3) is 5.56 Å². The number of rotatable bonds is 7. The zero-order chi connectivity index (χ0) is 24.6. The van der Waals surface area contributed by atoms with Crippen LogP contribution in [-0.2, 0) is 20.6 Å². The molecule has 0 saturated heterocycles. The minimum absolute atomic E-state index is 0.101. The Hall–Kier alpha value is -3.54. The highest BCUT2D eigenvalue weighted by Crippen LogP contribution is 2.35. The largest absolute Gasteiger partial charge is 0.485 e. The number of anilines is 1. The van der Waals surface area contributed by atoms with Gasteiger partial charge in [0.1, 0.15) is 18.0 Å². The van der Waals surface area contributed by atoms with Crippen LogP contribution in [0.15, 0.2) is 39.0 Å². The lowest BCUT2D eigenvalue weighted by Gasteiger charge is -2.25. The van der Waals surface area contributed by atoms with Gasteiger partial charge < -0.3 is 19.8 Å². The Labute approximate surface area is 199 Å². The molecular weight excluding hydrogens is 460 g/mol. The highest BCUT2D eigenvalue weighted by atomic mass is 32.2. The Morgan fingerprint density at radius 1 is 1.18 bits per heavy atom. The normalized spacial score (nSPS) is 15.0. The van der Waals surface area contributed by atoms with E-state index in [1.165, 1.54) is 11.6 Å². The van der Waals surface area contributed by atoms with Gasteiger partial charge in [0.15, 0.2) is 34.4 Å². The molecule has 2 N–H and O–H groups in total. The maximum Gasteiger partial charge on any atom is 0.332 e. The first-order valence-corrected chi connectivity index (χ1v) is 11.7. The van der Waals surface area contributed by atoms with Crippen molar-refractivity contribution < 1.29 is 14.3 Å². The molecule has 4 rings (SSSR count). The number of hydrogen-bond donors (Lipinski definition) is 1. The highest BCUT2D eigenvalue weighted by Gasteiger charge is 2.28. The molecule has 3 heterocycles. The lowest BCUT2D eigenvalue weighted by molar-refractivity contribution is 0.0825. The number of aromatic nitrogens is 5. The summed E-state index contributed by atoms with van der Waals surface area (Å²) in [6, 6.07) is 7.37. The van der Waals surface area contributed by atoms with Crippen molar-refractivity contribution in [2.45, 2.75) is 31.7 Å². The number of ketones is 1. The molecule has 0 radical (unpaired) electrons. The number of ether oxygens (including phenoxy) is 2. The maximum atomic E-state index is 13.0. The minimum Gasteiger partial charge on any atom is -0.485 e. The van der Waals surface area contributed by atoms with Crippen LogP contribution in [-0.4, -0.2) is 42.0 Å². The number of Topliss-reactive ketones (excluding diaryl/α,β-unsaturated/α-hetero) is 1. The summed E-state index contributed by atoms with van der Waals surface area (Å²) in [5, 5.41) is 8.84. The third kappa shape index (κ3) is 4.32. The Morgan fingerprint density at radius 2 is 1.88 bits per heavy atom. The van der Waals surface area contributed by atoms with Crippen molar-refractivity contribution in [3.63, 3.8) is 0 Å². The molecule has 0 spiro atoms. The molecule has 34 heavy (non-hydrogen) atoms. The number of nitrogens with two attached hydrogens (primary N) is 1. The summed E-state index contributed by atoms with van der Waals surface area (Å²) in [4.78, 5) is 38.1. The van der Waals surface area contributed by atoms with Crippen molar-refractivity contribution in [1.82, 2.24) is 23.9 Å². The fourth-order valence-electron chi connectivity index (χ4n) is 3.67. The van der Waals surface area contributed by atoms with Gasteiger partial charge >= 0.3 is 5.69 Å². The lowest BCUT2D eigenvalue weighted by Crippen LogP contribution is -2.43. The summed E-state index contributed by atoms with van der Waals surface area (Å²) in [5.41, 5.74) is 4.65. The van der Waals surface area contributed by atoms with Crippen molar-refractivity contribution in [2.24, 2.45) is 20.0 Å². The highest BCUT2D eigenvalue weighted by molar-refractivity contribution is 7.99. The third-order valence-electron chi connectivity index (χ3n) is 5.41. The maximum absolute atomic E-state index is 13.0. The van der Waals surface area contributed by atoms with Crippen LogP contribution < -0.4 is 26.5 Å². The molecule has 1 aliphatic heterocycles. The van der Waals surface area contributed by atoms with E-state index >= 15 is 0 Å². The number of carbonyl (C=O) groups excluding carboxylic acids is 1. The Bertz CT molecular complexity index is 1360. The van der Waals surface area contributed by atoms with Crippen LogP contribution in [0.2, 0.25) is 0 Å². The molecule has 0 bridgehead atoms. The average molecular weight is 487 g/mol. The van der Waals surface area contributed by atoms with E-state index in [-0.39, 0.29) is 29.7 Å². The number of carbonyl (C=O) groups is 1. The van der Waals surface area contributed by atoms with Crippen molar-refractivity contribution in [3.05, 3.63) is 56.5 Å². The Kier molecular flexibility index (Phi) is 6.51. The molecule has 12 heteroatoms. The number of benzene rings is 1. The molecule has 0 unspecified atom stereocenters. The van der Waals surface area contributed by atoms with Crippen LogP contribution in [0.5, 0.6) is 11.5 Å². The van der Waals surface area contributed by atoms with Crippen molar-refractivity contribution in [2.75, 3.05) is 18.1 Å². The molecule has 1 aliphatic rings. The fraction of sp³-hybridized carbons (Fsp3) is 0.409. The van der Waals surface area contributed by atoms with Gasteiger partial charge in [-0.1, -0.05) is 37.7 Å². The molecule has 2 aromatic heterocycles. The summed E-state index contributed by atoms with van der Waals surface area (Å²) in [6.45, 7) is 4.40. The van der Waals surface area contributed by atoms with E-state index in [9.17, 15) is 14.4 Å². The van der Waals surface area contributed by atoms with Gasteiger partial charge in [-0.05, 0) is 18.1 Å². The zero-order valence-corrected chi connectivity index (χ0v) is 20.2. The van der Waals surface area contributed by atoms with E-state index in [1.54, 1.807) is 11.6 Å². The van der Waals surface area contributed by atoms with Crippen LogP contribution in [0, 0.1) is 5.92 Å². The predicted molar refractivity (Wildman–Crippen MR) is 127 cm³/mol. The number of hydrogen-bond acceptors (Lipinski definition) is 9. The van der Waals surface area contributed by atoms with E-state index < -0.39 is 23.1 Å². The van der Waals surface area contributed by atoms with Gasteiger partial charge in [0.05, 0.1) is 5.75 Å². The smallest absolute Gasteiger partial charge is 0.332 e. The summed E-state index contributed by atoms with van der Waals surface area (Å²) < 4.78 is 15.6. The molecule has 180 valence electrons. The monoisotopic (exact) mass is 486 g/mol. The van der Waals surface area contributed by atoms with E-state index in [0.717, 1.165) is 16.3 Å². The SMILES string of the molecule is CC(C)Cn1c(N)c(C(=O)CSc2nnc([C@@H]3COc4ccccc4O3)n2C)c(=O)n(C)c1=O. The number of nitrogens with zero attached hydrogens (tertiary/aromatic N) is 5. The van der Waals surface area contributed by atoms with E-state index in [0.29, 0.717) is 29.0 Å².